The fraction of sp³-hybridized carbons (Fsp3) is 0.286. The molecule has 0 atom stereocenters. The predicted molar refractivity (Wildman–Crippen MR) is 41.0 cm³/mol. The number of nitrogens with zero attached hydrogens (tertiary/aromatic N) is 1. The van der Waals surface area contributed by atoms with Crippen LogP contribution in [0.25, 0.3) is 0 Å². The quantitative estimate of drug-likeness (QED) is 0.636. The highest BCUT2D eigenvalue weighted by molar-refractivity contribution is 7.98. The van der Waals surface area contributed by atoms with E-state index < -0.39 is 11.9 Å². The molecule has 1 aromatic rings. The van der Waals surface area contributed by atoms with Crippen molar-refractivity contribution in [3.8, 4) is 0 Å². The van der Waals surface area contributed by atoms with Gasteiger partial charge in [0.25, 0.3) is 0 Å². The number of thioether (sulfide) groups is 1. The number of hydrogen-bond donors (Lipinski definition) is 0. The van der Waals surface area contributed by atoms with Gasteiger partial charge in [0.1, 0.15) is 5.69 Å². The van der Waals surface area contributed by atoms with Crippen LogP contribution in [0.1, 0.15) is 5.69 Å². The van der Waals surface area contributed by atoms with E-state index in [1.165, 1.54) is 11.8 Å². The highest BCUT2D eigenvalue weighted by Gasteiger charge is 2.32. The number of rotatable bonds is 1. The monoisotopic (exact) mass is 193 g/mol. The normalized spacial score (nSPS) is 11.7. The van der Waals surface area contributed by atoms with Gasteiger partial charge in [-0.05, 0) is 18.4 Å². The van der Waals surface area contributed by atoms with E-state index in [0.717, 1.165) is 12.3 Å². The average Bonchev–Trinajstić information content (AvgIpc) is 2.03. The first-order valence-corrected chi connectivity index (χ1v) is 4.34. The molecule has 1 rings (SSSR count). The van der Waals surface area contributed by atoms with Gasteiger partial charge in [-0.25, -0.2) is 0 Å². The minimum Gasteiger partial charge on any atom is -0.252 e. The molecule has 0 bridgehead atoms. The molecule has 0 amide bonds. The van der Waals surface area contributed by atoms with Crippen LogP contribution >= 0.6 is 11.8 Å². The summed E-state index contributed by atoms with van der Waals surface area (Å²) in [5, 5.41) is 0. The number of hydrogen-bond acceptors (Lipinski definition) is 2. The van der Waals surface area contributed by atoms with Gasteiger partial charge in [-0.15, -0.1) is 11.8 Å². The average molecular weight is 193 g/mol. The molecule has 0 aliphatic rings. The molecule has 0 saturated carbocycles. The van der Waals surface area contributed by atoms with Crippen LogP contribution in [0, 0.1) is 0 Å². The minimum atomic E-state index is -4.34. The van der Waals surface area contributed by atoms with Crippen LogP contribution in [0.5, 0.6) is 0 Å². The van der Waals surface area contributed by atoms with E-state index in [1.807, 2.05) is 0 Å². The zero-order valence-electron chi connectivity index (χ0n) is 6.22. The molecule has 1 heterocycles. The van der Waals surface area contributed by atoms with E-state index in [4.69, 9.17) is 0 Å². The van der Waals surface area contributed by atoms with Gasteiger partial charge in [-0.3, -0.25) is 4.98 Å². The van der Waals surface area contributed by atoms with Crippen molar-refractivity contribution in [2.75, 3.05) is 6.26 Å². The molecule has 12 heavy (non-hydrogen) atoms. The van der Waals surface area contributed by atoms with Crippen molar-refractivity contribution in [3.05, 3.63) is 24.0 Å². The first-order valence-electron chi connectivity index (χ1n) is 3.11. The lowest BCUT2D eigenvalue weighted by Gasteiger charge is -2.05. The fourth-order valence-corrected chi connectivity index (χ4v) is 1.12. The van der Waals surface area contributed by atoms with E-state index in [0.29, 0.717) is 4.90 Å². The Morgan fingerprint density at radius 1 is 1.42 bits per heavy atom. The Balaban J connectivity index is 3.02. The van der Waals surface area contributed by atoms with E-state index >= 15 is 0 Å². The van der Waals surface area contributed by atoms with Crippen LogP contribution in [0.2, 0.25) is 0 Å². The lowest BCUT2D eigenvalue weighted by molar-refractivity contribution is -0.141. The molecule has 0 aromatic carbocycles. The number of alkyl halides is 3. The van der Waals surface area contributed by atoms with Gasteiger partial charge in [0, 0.05) is 11.1 Å². The van der Waals surface area contributed by atoms with Gasteiger partial charge in [0.05, 0.1) is 0 Å². The van der Waals surface area contributed by atoms with Crippen LogP contribution in [0.4, 0.5) is 13.2 Å². The van der Waals surface area contributed by atoms with E-state index in [1.54, 1.807) is 12.3 Å². The molecule has 1 nitrogen and oxygen atoms in total. The van der Waals surface area contributed by atoms with Crippen molar-refractivity contribution in [2.45, 2.75) is 11.1 Å². The van der Waals surface area contributed by atoms with Crippen molar-refractivity contribution >= 4 is 11.8 Å². The van der Waals surface area contributed by atoms with Crippen molar-refractivity contribution < 1.29 is 13.2 Å². The Morgan fingerprint density at radius 3 is 2.58 bits per heavy atom. The van der Waals surface area contributed by atoms with Crippen molar-refractivity contribution in [2.24, 2.45) is 0 Å². The summed E-state index contributed by atoms with van der Waals surface area (Å²) in [5.41, 5.74) is -0.839. The first-order chi connectivity index (χ1) is 5.54. The van der Waals surface area contributed by atoms with Gasteiger partial charge in [-0.1, -0.05) is 0 Å². The molecule has 0 fully saturated rings. The summed E-state index contributed by atoms with van der Waals surface area (Å²) in [6.45, 7) is 0. The zero-order valence-corrected chi connectivity index (χ0v) is 7.04. The van der Waals surface area contributed by atoms with E-state index in [-0.39, 0.29) is 0 Å². The Kier molecular flexibility index (Phi) is 2.62. The third-order valence-corrected chi connectivity index (χ3v) is 1.98. The Hall–Kier alpha value is -0.710. The molecule has 0 aliphatic heterocycles. The molecular formula is C7H6F3NS. The van der Waals surface area contributed by atoms with Crippen LogP contribution in [-0.4, -0.2) is 11.2 Å². The lowest BCUT2D eigenvalue weighted by atomic mass is 10.3. The maximum absolute atomic E-state index is 12.0. The Morgan fingerprint density at radius 2 is 2.08 bits per heavy atom. The number of halogens is 3. The van der Waals surface area contributed by atoms with E-state index in [9.17, 15) is 13.2 Å². The predicted octanol–water partition coefficient (Wildman–Crippen LogP) is 2.82. The molecule has 5 heteroatoms. The Bertz CT molecular complexity index is 272. The van der Waals surface area contributed by atoms with Gasteiger partial charge in [0.2, 0.25) is 0 Å². The highest BCUT2D eigenvalue weighted by Crippen LogP contribution is 2.29. The maximum atomic E-state index is 12.0. The maximum Gasteiger partial charge on any atom is 0.433 e. The number of pyridine rings is 1. The van der Waals surface area contributed by atoms with Gasteiger partial charge in [0.15, 0.2) is 0 Å². The summed E-state index contributed by atoms with van der Waals surface area (Å²) in [6.07, 6.45) is -1.46. The molecule has 66 valence electrons. The van der Waals surface area contributed by atoms with Crippen LogP contribution in [0.3, 0.4) is 0 Å². The molecule has 0 saturated heterocycles. The van der Waals surface area contributed by atoms with Crippen molar-refractivity contribution in [3.63, 3.8) is 0 Å². The van der Waals surface area contributed by atoms with Gasteiger partial charge >= 0.3 is 6.18 Å². The zero-order chi connectivity index (χ0) is 9.19. The number of aromatic nitrogens is 1. The van der Waals surface area contributed by atoms with Gasteiger partial charge in [-0.2, -0.15) is 13.2 Å². The topological polar surface area (TPSA) is 12.9 Å². The van der Waals surface area contributed by atoms with Crippen LogP contribution < -0.4 is 0 Å². The second kappa shape index (κ2) is 3.35. The van der Waals surface area contributed by atoms with Crippen LogP contribution in [0.15, 0.2) is 23.2 Å². The van der Waals surface area contributed by atoms with Crippen molar-refractivity contribution in [1.82, 2.24) is 4.98 Å². The van der Waals surface area contributed by atoms with Crippen LogP contribution in [-0.2, 0) is 6.18 Å². The molecular weight excluding hydrogens is 187 g/mol. The molecule has 0 N–H and O–H groups in total. The SMILES string of the molecule is CSc1ccnc(C(F)(F)F)c1. The molecule has 1 aromatic heterocycles. The Labute approximate surface area is 72.0 Å². The summed E-state index contributed by atoms with van der Waals surface area (Å²) in [4.78, 5) is 3.79. The fourth-order valence-electron chi connectivity index (χ4n) is 0.693. The summed E-state index contributed by atoms with van der Waals surface area (Å²) in [7, 11) is 0. The lowest BCUT2D eigenvalue weighted by Crippen LogP contribution is -2.07. The first kappa shape index (κ1) is 9.38. The van der Waals surface area contributed by atoms with Gasteiger partial charge < -0.3 is 0 Å². The third-order valence-electron chi connectivity index (χ3n) is 1.26. The summed E-state index contributed by atoms with van der Waals surface area (Å²) >= 11 is 1.26. The molecule has 0 radical (unpaired) electrons. The smallest absolute Gasteiger partial charge is 0.252 e. The summed E-state index contributed by atoms with van der Waals surface area (Å²) in [6, 6.07) is 2.57. The van der Waals surface area contributed by atoms with Crippen molar-refractivity contribution in [1.29, 1.82) is 0 Å². The molecule has 0 spiro atoms. The minimum absolute atomic E-state index is 0.567. The second-order valence-corrected chi connectivity index (χ2v) is 2.96. The summed E-state index contributed by atoms with van der Waals surface area (Å²) < 4.78 is 36.1. The standard InChI is InChI=1S/C7H6F3NS/c1-12-5-2-3-11-6(4-5)7(8,9)10/h2-4H,1H3. The second-order valence-electron chi connectivity index (χ2n) is 2.08. The molecule has 0 unspecified atom stereocenters. The third kappa shape index (κ3) is 2.14. The highest BCUT2D eigenvalue weighted by atomic mass is 32.2. The summed E-state index contributed by atoms with van der Waals surface area (Å²) in [5.74, 6) is 0. The largest absolute Gasteiger partial charge is 0.433 e. The molecule has 0 aliphatic carbocycles. The van der Waals surface area contributed by atoms with E-state index in [2.05, 4.69) is 4.98 Å².